The van der Waals surface area contributed by atoms with Gasteiger partial charge < -0.3 is 28.4 Å². The highest BCUT2D eigenvalue weighted by molar-refractivity contribution is 5.65. The summed E-state index contributed by atoms with van der Waals surface area (Å²) in [6.07, 6.45) is 32.9. The molecule has 6 rings (SSSR count). The van der Waals surface area contributed by atoms with Crippen LogP contribution in [0.15, 0.2) is 122 Å². The Morgan fingerprint density at radius 2 is 0.444 bits per heavy atom. The van der Waals surface area contributed by atoms with E-state index in [1.54, 1.807) is 24.8 Å². The molecule has 0 spiro atoms. The van der Waals surface area contributed by atoms with Crippen molar-refractivity contribution >= 4 is 0 Å². The molecule has 386 valence electrons. The van der Waals surface area contributed by atoms with Gasteiger partial charge in [0.2, 0.25) is 0 Å². The summed E-state index contributed by atoms with van der Waals surface area (Å²) in [4.78, 5) is 18.1. The van der Waals surface area contributed by atoms with E-state index in [1.807, 2.05) is 48.5 Å². The molecule has 72 heavy (non-hydrogen) atoms. The van der Waals surface area contributed by atoms with E-state index in [0.29, 0.717) is 43.0 Å². The minimum atomic E-state index is 0.639. The van der Waals surface area contributed by atoms with Crippen molar-refractivity contribution in [3.8, 4) is 68.4 Å². The minimum absolute atomic E-state index is 0.639. The van der Waals surface area contributed by atoms with Crippen LogP contribution in [0.4, 0.5) is 0 Å². The average molecular weight is 979 g/mol. The van der Waals surface area contributed by atoms with E-state index in [-0.39, 0.29) is 0 Å². The summed E-state index contributed by atoms with van der Waals surface area (Å²) in [7, 11) is 0. The zero-order valence-corrected chi connectivity index (χ0v) is 43.6. The average Bonchev–Trinajstić information content (AvgIpc) is 3.42. The number of benzene rings is 4. The van der Waals surface area contributed by atoms with Crippen LogP contribution in [-0.4, -0.2) is 59.6 Å². The first-order chi connectivity index (χ1) is 35.7. The fourth-order valence-corrected chi connectivity index (χ4v) is 8.34. The zero-order chi connectivity index (χ0) is 49.9. The topological polar surface area (TPSA) is 107 Å². The Labute approximate surface area is 431 Å². The van der Waals surface area contributed by atoms with Crippen molar-refractivity contribution < 1.29 is 28.4 Å². The van der Waals surface area contributed by atoms with Gasteiger partial charge in [0.15, 0.2) is 23.1 Å². The van der Waals surface area contributed by atoms with Crippen molar-refractivity contribution in [1.82, 2.24) is 19.9 Å². The molecule has 2 aromatic heterocycles. The van der Waals surface area contributed by atoms with E-state index in [1.165, 1.54) is 75.3 Å². The molecule has 0 aliphatic rings. The van der Waals surface area contributed by atoms with Crippen molar-refractivity contribution in [1.29, 1.82) is 0 Å². The molecular weight excluding hydrogens is 897 g/mol. The molecule has 0 radical (unpaired) electrons. The van der Waals surface area contributed by atoms with Gasteiger partial charge in [0.05, 0.1) is 64.4 Å². The van der Waals surface area contributed by atoms with Gasteiger partial charge in [-0.05, 0) is 122 Å². The Kier molecular flexibility index (Phi) is 26.2. The summed E-state index contributed by atoms with van der Waals surface area (Å²) in [6.45, 7) is 8.76. The molecule has 0 saturated carbocycles. The monoisotopic (exact) mass is 979 g/mol. The van der Waals surface area contributed by atoms with E-state index in [2.05, 4.69) is 82.3 Å². The van der Waals surface area contributed by atoms with E-state index in [0.717, 1.165) is 131 Å². The Morgan fingerprint density at radius 3 is 0.694 bits per heavy atom. The molecule has 0 aliphatic heterocycles. The van der Waals surface area contributed by atoms with Crippen molar-refractivity contribution in [2.75, 3.05) is 39.6 Å². The molecule has 0 N–H and O–H groups in total. The highest BCUT2D eigenvalue weighted by Crippen LogP contribution is 2.26. The lowest BCUT2D eigenvalue weighted by Crippen LogP contribution is -2.01. The SMILES string of the molecule is CCCCCCCCOc1ccc(-c2ccc(OCCCCCCCOc3ccc(-c4ncc(OCCCCCCCOc5cnc(-c6ccc(OCCCCCCCC)cc6)nc5)cn4)cc3)cc2)cc1. The van der Waals surface area contributed by atoms with Crippen LogP contribution in [-0.2, 0) is 0 Å². The third-order valence-electron chi connectivity index (χ3n) is 12.7. The second-order valence-corrected chi connectivity index (χ2v) is 18.7. The maximum absolute atomic E-state index is 6.03. The van der Waals surface area contributed by atoms with Gasteiger partial charge in [0.25, 0.3) is 0 Å². The van der Waals surface area contributed by atoms with E-state index < -0.39 is 0 Å². The standard InChI is InChI=1S/C62H82N4O6/c1-3-5-7-9-13-19-41-67-55-33-25-51(26-34-55)52-27-35-56(36-28-52)68-43-21-15-11-16-22-44-70-58-39-31-54(32-40-58)62-65-49-60(50-66-62)72-46-24-18-12-17-23-45-71-59-47-63-61(64-48-59)53-29-37-57(38-30-53)69-42-20-14-10-8-6-4-2/h25-40,47-50H,3-24,41-46H2,1-2H3. The third-order valence-corrected chi connectivity index (χ3v) is 12.7. The third kappa shape index (κ3) is 21.7. The molecule has 4 aromatic carbocycles. The highest BCUT2D eigenvalue weighted by atomic mass is 16.5. The van der Waals surface area contributed by atoms with Gasteiger partial charge in [-0.15, -0.1) is 0 Å². The van der Waals surface area contributed by atoms with Crippen LogP contribution in [0.1, 0.15) is 155 Å². The summed E-state index contributed by atoms with van der Waals surface area (Å²) in [5, 5.41) is 0. The Hall–Kier alpha value is -6.16. The van der Waals surface area contributed by atoms with Gasteiger partial charge in [0.1, 0.15) is 23.0 Å². The summed E-state index contributed by atoms with van der Waals surface area (Å²) in [6, 6.07) is 32.8. The zero-order valence-electron chi connectivity index (χ0n) is 43.6. The molecule has 10 nitrogen and oxygen atoms in total. The number of nitrogens with zero attached hydrogens (tertiary/aromatic N) is 4. The minimum Gasteiger partial charge on any atom is -0.494 e. The number of ether oxygens (including phenoxy) is 6. The number of rotatable bonds is 39. The highest BCUT2D eigenvalue weighted by Gasteiger charge is 2.07. The maximum Gasteiger partial charge on any atom is 0.159 e. The van der Waals surface area contributed by atoms with Gasteiger partial charge in [-0.3, -0.25) is 0 Å². The van der Waals surface area contributed by atoms with E-state index in [9.17, 15) is 0 Å². The number of hydrogen-bond acceptors (Lipinski definition) is 10. The quantitative estimate of drug-likeness (QED) is 0.0347. The first-order valence-corrected chi connectivity index (χ1v) is 27.5. The number of aromatic nitrogens is 4. The first kappa shape index (κ1) is 55.2. The molecule has 0 amide bonds. The van der Waals surface area contributed by atoms with Crippen LogP contribution in [0, 0.1) is 0 Å². The lowest BCUT2D eigenvalue weighted by atomic mass is 10.1. The van der Waals surface area contributed by atoms with Crippen molar-refractivity contribution in [3.63, 3.8) is 0 Å². The largest absolute Gasteiger partial charge is 0.494 e. The van der Waals surface area contributed by atoms with Crippen molar-refractivity contribution in [3.05, 3.63) is 122 Å². The molecule has 0 unspecified atom stereocenters. The fourth-order valence-electron chi connectivity index (χ4n) is 8.34. The van der Waals surface area contributed by atoms with Gasteiger partial charge >= 0.3 is 0 Å². The fraction of sp³-hybridized carbons (Fsp3) is 0.484. The van der Waals surface area contributed by atoms with Crippen LogP contribution in [0.5, 0.6) is 34.5 Å². The molecule has 10 heteroatoms. The molecule has 6 aromatic rings. The van der Waals surface area contributed by atoms with Gasteiger partial charge in [0, 0.05) is 11.1 Å². The molecule has 0 atom stereocenters. The Bertz CT molecular complexity index is 2110. The molecule has 0 bridgehead atoms. The van der Waals surface area contributed by atoms with Crippen molar-refractivity contribution in [2.24, 2.45) is 0 Å². The first-order valence-electron chi connectivity index (χ1n) is 27.5. The predicted molar refractivity (Wildman–Crippen MR) is 293 cm³/mol. The Morgan fingerprint density at radius 1 is 0.236 bits per heavy atom. The van der Waals surface area contributed by atoms with E-state index in [4.69, 9.17) is 28.4 Å². The molecular formula is C62H82N4O6. The second-order valence-electron chi connectivity index (χ2n) is 18.7. The molecule has 2 heterocycles. The van der Waals surface area contributed by atoms with Gasteiger partial charge in [-0.2, -0.15) is 0 Å². The molecule has 0 saturated heterocycles. The van der Waals surface area contributed by atoms with Crippen LogP contribution < -0.4 is 28.4 Å². The van der Waals surface area contributed by atoms with E-state index >= 15 is 0 Å². The predicted octanol–water partition coefficient (Wildman–Crippen LogP) is 16.6. The van der Waals surface area contributed by atoms with Crippen LogP contribution >= 0.6 is 0 Å². The summed E-state index contributed by atoms with van der Waals surface area (Å²) < 4.78 is 35.8. The van der Waals surface area contributed by atoms with Gasteiger partial charge in [-0.25, -0.2) is 19.9 Å². The summed E-state index contributed by atoms with van der Waals surface area (Å²) >= 11 is 0. The normalized spacial score (nSPS) is 11.1. The van der Waals surface area contributed by atoms with Crippen LogP contribution in [0.25, 0.3) is 33.9 Å². The lowest BCUT2D eigenvalue weighted by Gasteiger charge is -2.09. The number of hydrogen-bond donors (Lipinski definition) is 0. The smallest absolute Gasteiger partial charge is 0.159 e. The van der Waals surface area contributed by atoms with Crippen molar-refractivity contribution in [2.45, 2.75) is 155 Å². The molecule has 0 fully saturated rings. The summed E-state index contributed by atoms with van der Waals surface area (Å²) in [5.74, 6) is 6.33. The molecule has 0 aliphatic carbocycles. The van der Waals surface area contributed by atoms with Crippen LogP contribution in [0.3, 0.4) is 0 Å². The Balaban J connectivity index is 0.727. The second kappa shape index (κ2) is 34.2. The van der Waals surface area contributed by atoms with Gasteiger partial charge in [-0.1, -0.05) is 141 Å². The maximum atomic E-state index is 6.03. The number of unbranched alkanes of at least 4 members (excludes halogenated alkanes) is 18. The van der Waals surface area contributed by atoms with Crippen LogP contribution in [0.2, 0.25) is 0 Å². The summed E-state index contributed by atoms with van der Waals surface area (Å²) in [5.41, 5.74) is 4.27. The lowest BCUT2D eigenvalue weighted by molar-refractivity contribution is 0.291.